The first-order valence-corrected chi connectivity index (χ1v) is 9.52. The number of rotatable bonds is 6. The molecular weight excluding hydrogens is 357 g/mol. The fourth-order valence-electron chi connectivity index (χ4n) is 3.64. The zero-order valence-corrected chi connectivity index (χ0v) is 16.3. The zero-order chi connectivity index (χ0) is 20.1. The van der Waals surface area contributed by atoms with Crippen LogP contribution < -0.4 is 5.32 Å². The van der Waals surface area contributed by atoms with Crippen LogP contribution in [-0.2, 0) is 11.2 Å². The maximum Gasteiger partial charge on any atom is 0.253 e. The first-order valence-electron chi connectivity index (χ1n) is 9.52. The van der Waals surface area contributed by atoms with E-state index in [9.17, 15) is 14.0 Å². The van der Waals surface area contributed by atoms with Crippen LogP contribution in [0.5, 0.6) is 0 Å². The van der Waals surface area contributed by atoms with Gasteiger partial charge in [0.25, 0.3) is 5.91 Å². The van der Waals surface area contributed by atoms with E-state index in [4.69, 9.17) is 0 Å². The van der Waals surface area contributed by atoms with Crippen molar-refractivity contribution in [3.05, 3.63) is 65.5 Å². The molecule has 1 fully saturated rings. The Kier molecular flexibility index (Phi) is 6.41. The smallest absolute Gasteiger partial charge is 0.253 e. The number of carbonyl (C=O) groups is 2. The Morgan fingerprint density at radius 1 is 1.18 bits per heavy atom. The normalized spacial score (nSPS) is 16.8. The van der Waals surface area contributed by atoms with E-state index in [2.05, 4.69) is 10.2 Å². The molecule has 5 nitrogen and oxygen atoms in total. The van der Waals surface area contributed by atoms with E-state index < -0.39 is 0 Å². The van der Waals surface area contributed by atoms with Crippen molar-refractivity contribution in [1.82, 2.24) is 9.80 Å². The van der Waals surface area contributed by atoms with Crippen LogP contribution in [0.15, 0.2) is 48.5 Å². The van der Waals surface area contributed by atoms with Crippen molar-refractivity contribution in [3.63, 3.8) is 0 Å². The van der Waals surface area contributed by atoms with Crippen LogP contribution >= 0.6 is 0 Å². The lowest BCUT2D eigenvalue weighted by atomic mass is 10.0. The number of halogens is 1. The second-order valence-corrected chi connectivity index (χ2v) is 7.43. The van der Waals surface area contributed by atoms with Gasteiger partial charge in [-0.1, -0.05) is 18.2 Å². The Bertz CT molecular complexity index is 853. The summed E-state index contributed by atoms with van der Waals surface area (Å²) in [6.45, 7) is 1.14. The standard InChI is InChI=1S/C22H26FN3O2/c1-25(2)22(28)17-7-4-9-19(14-17)24-21(27)15-26-11-5-10-20(26)13-16-6-3-8-18(23)12-16/h3-4,6-9,12,14,20H,5,10-11,13,15H2,1-2H3,(H,24,27). The topological polar surface area (TPSA) is 52.7 Å². The van der Waals surface area contributed by atoms with Crippen LogP contribution in [0, 0.1) is 5.82 Å². The summed E-state index contributed by atoms with van der Waals surface area (Å²) in [6, 6.07) is 13.8. The van der Waals surface area contributed by atoms with Gasteiger partial charge in [-0.15, -0.1) is 0 Å². The lowest BCUT2D eigenvalue weighted by Gasteiger charge is -2.24. The molecule has 1 aliphatic heterocycles. The van der Waals surface area contributed by atoms with Crippen molar-refractivity contribution in [1.29, 1.82) is 0 Å². The predicted molar refractivity (Wildman–Crippen MR) is 108 cm³/mol. The summed E-state index contributed by atoms with van der Waals surface area (Å²) in [5.41, 5.74) is 2.10. The van der Waals surface area contributed by atoms with Gasteiger partial charge in [0.2, 0.25) is 5.91 Å². The van der Waals surface area contributed by atoms with Crippen LogP contribution in [0.4, 0.5) is 10.1 Å². The number of nitrogens with zero attached hydrogens (tertiary/aromatic N) is 2. The molecule has 6 heteroatoms. The highest BCUT2D eigenvalue weighted by molar-refractivity contribution is 5.97. The summed E-state index contributed by atoms with van der Waals surface area (Å²) in [6.07, 6.45) is 2.76. The van der Waals surface area contributed by atoms with Gasteiger partial charge < -0.3 is 10.2 Å². The van der Waals surface area contributed by atoms with E-state index in [-0.39, 0.29) is 30.2 Å². The van der Waals surface area contributed by atoms with Crippen LogP contribution in [0.1, 0.15) is 28.8 Å². The van der Waals surface area contributed by atoms with Gasteiger partial charge >= 0.3 is 0 Å². The Morgan fingerprint density at radius 3 is 2.71 bits per heavy atom. The summed E-state index contributed by atoms with van der Waals surface area (Å²) in [5, 5.41) is 2.89. The molecular formula is C22H26FN3O2. The molecule has 3 rings (SSSR count). The second kappa shape index (κ2) is 8.97. The first kappa shape index (κ1) is 20.0. The molecule has 1 unspecified atom stereocenters. The van der Waals surface area contributed by atoms with Gasteiger partial charge in [0.05, 0.1) is 6.54 Å². The molecule has 0 spiro atoms. The highest BCUT2D eigenvalue weighted by Crippen LogP contribution is 2.21. The summed E-state index contributed by atoms with van der Waals surface area (Å²) in [4.78, 5) is 28.3. The SMILES string of the molecule is CN(C)C(=O)c1cccc(NC(=O)CN2CCCC2Cc2cccc(F)c2)c1. The predicted octanol–water partition coefficient (Wildman–Crippen LogP) is 3.17. The minimum Gasteiger partial charge on any atom is -0.345 e. The largest absolute Gasteiger partial charge is 0.345 e. The van der Waals surface area contributed by atoms with Crippen LogP contribution in [0.2, 0.25) is 0 Å². The maximum atomic E-state index is 13.4. The van der Waals surface area contributed by atoms with Crippen molar-refractivity contribution < 1.29 is 14.0 Å². The molecule has 0 bridgehead atoms. The van der Waals surface area contributed by atoms with E-state index in [1.807, 2.05) is 6.07 Å². The molecule has 2 amide bonds. The third kappa shape index (κ3) is 5.16. The van der Waals surface area contributed by atoms with Gasteiger partial charge in [0.1, 0.15) is 5.82 Å². The highest BCUT2D eigenvalue weighted by Gasteiger charge is 2.26. The van der Waals surface area contributed by atoms with E-state index in [1.165, 1.54) is 11.0 Å². The number of benzene rings is 2. The van der Waals surface area contributed by atoms with Crippen molar-refractivity contribution in [2.75, 3.05) is 32.5 Å². The van der Waals surface area contributed by atoms with Crippen molar-refractivity contribution >= 4 is 17.5 Å². The number of anilines is 1. The van der Waals surface area contributed by atoms with Gasteiger partial charge in [0, 0.05) is 31.4 Å². The van der Waals surface area contributed by atoms with Crippen LogP contribution in [-0.4, -0.2) is 54.8 Å². The summed E-state index contributed by atoms with van der Waals surface area (Å²) >= 11 is 0. The Morgan fingerprint density at radius 2 is 1.96 bits per heavy atom. The average molecular weight is 383 g/mol. The maximum absolute atomic E-state index is 13.4. The van der Waals surface area contributed by atoms with Crippen LogP contribution in [0.3, 0.4) is 0 Å². The number of likely N-dealkylation sites (tertiary alicyclic amines) is 1. The molecule has 2 aromatic carbocycles. The van der Waals surface area contributed by atoms with E-state index in [0.717, 1.165) is 31.4 Å². The van der Waals surface area contributed by atoms with Gasteiger partial charge in [-0.25, -0.2) is 4.39 Å². The van der Waals surface area contributed by atoms with Crippen LogP contribution in [0.25, 0.3) is 0 Å². The number of nitrogens with one attached hydrogen (secondary N) is 1. The van der Waals surface area contributed by atoms with Crippen molar-refractivity contribution in [2.45, 2.75) is 25.3 Å². The average Bonchev–Trinajstić information content (AvgIpc) is 3.07. The lowest BCUT2D eigenvalue weighted by molar-refractivity contribution is -0.117. The highest BCUT2D eigenvalue weighted by atomic mass is 19.1. The lowest BCUT2D eigenvalue weighted by Crippen LogP contribution is -2.37. The van der Waals surface area contributed by atoms with Gasteiger partial charge in [-0.3, -0.25) is 14.5 Å². The molecule has 0 aromatic heterocycles. The van der Waals surface area contributed by atoms with Gasteiger partial charge in [-0.05, 0) is 61.7 Å². The van der Waals surface area contributed by atoms with E-state index in [0.29, 0.717) is 11.3 Å². The first-order chi connectivity index (χ1) is 13.4. The minimum atomic E-state index is -0.230. The summed E-state index contributed by atoms with van der Waals surface area (Å²) in [7, 11) is 3.39. The number of carbonyl (C=O) groups excluding carboxylic acids is 2. The Hall–Kier alpha value is -2.73. The third-order valence-corrected chi connectivity index (χ3v) is 5.01. The quantitative estimate of drug-likeness (QED) is 0.834. The molecule has 28 heavy (non-hydrogen) atoms. The molecule has 1 heterocycles. The van der Waals surface area contributed by atoms with E-state index >= 15 is 0 Å². The zero-order valence-electron chi connectivity index (χ0n) is 16.3. The van der Waals surface area contributed by atoms with Gasteiger partial charge in [0.15, 0.2) is 0 Å². The van der Waals surface area contributed by atoms with E-state index in [1.54, 1.807) is 50.5 Å². The number of hydrogen-bond acceptors (Lipinski definition) is 3. The molecule has 0 saturated carbocycles. The summed E-state index contributed by atoms with van der Waals surface area (Å²) in [5.74, 6) is -0.446. The fraction of sp³-hybridized carbons (Fsp3) is 0.364. The van der Waals surface area contributed by atoms with Gasteiger partial charge in [-0.2, -0.15) is 0 Å². The Labute approximate surface area is 165 Å². The van der Waals surface area contributed by atoms with Crippen molar-refractivity contribution in [2.24, 2.45) is 0 Å². The molecule has 0 aliphatic carbocycles. The molecule has 0 radical (unpaired) electrons. The Balaban J connectivity index is 1.59. The number of hydrogen-bond donors (Lipinski definition) is 1. The monoisotopic (exact) mass is 383 g/mol. The molecule has 1 aliphatic rings. The van der Waals surface area contributed by atoms with Crippen molar-refractivity contribution in [3.8, 4) is 0 Å². The molecule has 2 aromatic rings. The second-order valence-electron chi connectivity index (χ2n) is 7.43. The minimum absolute atomic E-state index is 0.106. The number of amides is 2. The third-order valence-electron chi connectivity index (χ3n) is 5.01. The molecule has 1 N–H and O–H groups in total. The molecule has 1 atom stereocenters. The summed E-state index contributed by atoms with van der Waals surface area (Å²) < 4.78 is 13.4. The fourth-order valence-corrected chi connectivity index (χ4v) is 3.64. The molecule has 1 saturated heterocycles. The molecule has 148 valence electrons.